The van der Waals surface area contributed by atoms with Crippen molar-refractivity contribution in [1.29, 1.82) is 0 Å². The molecule has 0 spiro atoms. The van der Waals surface area contributed by atoms with Crippen molar-refractivity contribution < 1.29 is 14.2 Å². The van der Waals surface area contributed by atoms with Gasteiger partial charge in [0.15, 0.2) is 0 Å². The van der Waals surface area contributed by atoms with Gasteiger partial charge in [-0.2, -0.15) is 5.10 Å². The summed E-state index contributed by atoms with van der Waals surface area (Å²) in [6.07, 6.45) is 1.66. The molecular weight excluding hydrogens is 433 g/mol. The molecule has 0 atom stereocenters. The van der Waals surface area contributed by atoms with Crippen LogP contribution >= 0.6 is 34.5 Å². The number of rotatable bonds is 6. The smallest absolute Gasteiger partial charge is 0.205 e. The van der Waals surface area contributed by atoms with Crippen LogP contribution in [0.4, 0.5) is 0 Å². The first kappa shape index (κ1) is 21.2. The second kappa shape index (κ2) is 9.35. The highest BCUT2D eigenvalue weighted by atomic mass is 35.5. The highest BCUT2D eigenvalue weighted by Gasteiger charge is 2.14. The molecule has 3 aromatic rings. The van der Waals surface area contributed by atoms with Gasteiger partial charge in [0, 0.05) is 35.1 Å². The lowest BCUT2D eigenvalue weighted by Crippen LogP contribution is -2.12. The number of thiazole rings is 1. The topological polar surface area (TPSA) is 57.3 Å². The Hall–Kier alpha value is -2.48. The minimum Gasteiger partial charge on any atom is -0.496 e. The molecule has 0 radical (unpaired) electrons. The van der Waals surface area contributed by atoms with Crippen LogP contribution in [0.1, 0.15) is 5.56 Å². The maximum absolute atomic E-state index is 6.40. The average molecular weight is 452 g/mol. The highest BCUT2D eigenvalue weighted by molar-refractivity contribution is 7.07. The fourth-order valence-corrected chi connectivity index (χ4v) is 4.02. The summed E-state index contributed by atoms with van der Waals surface area (Å²) in [7, 11) is 6.45. The molecule has 0 saturated heterocycles. The summed E-state index contributed by atoms with van der Waals surface area (Å²) >= 11 is 13.9. The zero-order chi connectivity index (χ0) is 21.0. The van der Waals surface area contributed by atoms with Crippen molar-refractivity contribution in [3.05, 3.63) is 56.1 Å². The van der Waals surface area contributed by atoms with Crippen LogP contribution in [0.25, 0.3) is 11.3 Å². The summed E-state index contributed by atoms with van der Waals surface area (Å²) in [6.45, 7) is 0. The summed E-state index contributed by atoms with van der Waals surface area (Å²) < 4.78 is 18.0. The van der Waals surface area contributed by atoms with Gasteiger partial charge < -0.3 is 14.2 Å². The van der Waals surface area contributed by atoms with E-state index in [0.717, 1.165) is 11.3 Å². The van der Waals surface area contributed by atoms with Gasteiger partial charge in [-0.05, 0) is 18.2 Å². The second-order valence-electron chi connectivity index (χ2n) is 5.75. The van der Waals surface area contributed by atoms with Crippen molar-refractivity contribution in [2.75, 3.05) is 28.4 Å². The summed E-state index contributed by atoms with van der Waals surface area (Å²) in [6, 6.07) is 8.87. The average Bonchev–Trinajstić information content (AvgIpc) is 3.14. The van der Waals surface area contributed by atoms with Crippen molar-refractivity contribution in [2.45, 2.75) is 0 Å². The van der Waals surface area contributed by atoms with Crippen LogP contribution in [-0.2, 0) is 0 Å². The van der Waals surface area contributed by atoms with E-state index in [-0.39, 0.29) is 0 Å². The molecule has 152 valence electrons. The van der Waals surface area contributed by atoms with Gasteiger partial charge in [-0.25, -0.2) is 4.68 Å². The normalized spacial score (nSPS) is 11.9. The molecule has 1 aromatic heterocycles. The Kier molecular flexibility index (Phi) is 6.84. The standard InChI is InChI=1S/C20H19Cl2N3O3S/c1-23-20-25(17(11-29-20)14-6-5-12(21)7-16(14)22)24-10-15-18(27-3)8-13(26-2)9-19(15)28-4/h5-11H,1-4H3. The predicted molar refractivity (Wildman–Crippen MR) is 118 cm³/mol. The molecule has 0 bridgehead atoms. The number of aromatic nitrogens is 1. The zero-order valence-corrected chi connectivity index (χ0v) is 18.6. The minimum atomic E-state index is 0.529. The fraction of sp³-hybridized carbons (Fsp3) is 0.200. The monoisotopic (exact) mass is 451 g/mol. The minimum absolute atomic E-state index is 0.529. The molecule has 0 aliphatic heterocycles. The summed E-state index contributed by atoms with van der Waals surface area (Å²) in [5, 5.41) is 7.67. The van der Waals surface area contributed by atoms with Crippen LogP contribution in [0.2, 0.25) is 10.0 Å². The first-order valence-corrected chi connectivity index (χ1v) is 10.1. The first-order chi connectivity index (χ1) is 14.0. The highest BCUT2D eigenvalue weighted by Crippen LogP contribution is 2.33. The molecule has 0 N–H and O–H groups in total. The quantitative estimate of drug-likeness (QED) is 0.497. The third-order valence-electron chi connectivity index (χ3n) is 4.14. The van der Waals surface area contributed by atoms with E-state index in [4.69, 9.17) is 37.4 Å². The van der Waals surface area contributed by atoms with E-state index >= 15 is 0 Å². The maximum Gasteiger partial charge on any atom is 0.205 e. The molecule has 6 nitrogen and oxygen atoms in total. The number of nitrogens with zero attached hydrogens (tertiary/aromatic N) is 3. The summed E-state index contributed by atoms with van der Waals surface area (Å²) in [4.78, 5) is 5.01. The lowest BCUT2D eigenvalue weighted by atomic mass is 10.1. The number of methoxy groups -OCH3 is 3. The van der Waals surface area contributed by atoms with Crippen molar-refractivity contribution in [2.24, 2.45) is 10.1 Å². The van der Waals surface area contributed by atoms with Gasteiger partial charge in [-0.15, -0.1) is 11.3 Å². The number of benzene rings is 2. The van der Waals surface area contributed by atoms with Crippen molar-refractivity contribution in [1.82, 2.24) is 4.68 Å². The Morgan fingerprint density at radius 2 is 1.69 bits per heavy atom. The van der Waals surface area contributed by atoms with Gasteiger partial charge >= 0.3 is 0 Å². The summed E-state index contributed by atoms with van der Waals surface area (Å²) in [5.74, 6) is 1.76. The molecule has 1 heterocycles. The number of halogens is 2. The number of hydrogen-bond donors (Lipinski definition) is 0. The van der Waals surface area contributed by atoms with Crippen LogP contribution in [-0.4, -0.2) is 39.3 Å². The van der Waals surface area contributed by atoms with Crippen LogP contribution in [0.3, 0.4) is 0 Å². The molecule has 2 aromatic carbocycles. The molecular formula is C20H19Cl2N3O3S. The molecule has 0 aliphatic carbocycles. The SMILES string of the molecule is CN=c1scc(-c2ccc(Cl)cc2Cl)n1N=Cc1c(OC)cc(OC)cc1OC. The van der Waals surface area contributed by atoms with Crippen molar-refractivity contribution in [3.8, 4) is 28.5 Å². The Balaban J connectivity index is 2.14. The molecule has 0 amide bonds. The maximum atomic E-state index is 6.40. The van der Waals surface area contributed by atoms with E-state index in [1.165, 1.54) is 11.3 Å². The Morgan fingerprint density at radius 1 is 1.00 bits per heavy atom. The van der Waals surface area contributed by atoms with E-state index < -0.39 is 0 Å². The molecule has 0 saturated carbocycles. The van der Waals surface area contributed by atoms with E-state index in [1.54, 1.807) is 63.5 Å². The van der Waals surface area contributed by atoms with Crippen LogP contribution in [0.5, 0.6) is 17.2 Å². The molecule has 29 heavy (non-hydrogen) atoms. The van der Waals surface area contributed by atoms with Gasteiger partial charge in [-0.3, -0.25) is 4.99 Å². The zero-order valence-electron chi connectivity index (χ0n) is 16.3. The fourth-order valence-electron chi connectivity index (χ4n) is 2.72. The lowest BCUT2D eigenvalue weighted by Gasteiger charge is -2.12. The van der Waals surface area contributed by atoms with Gasteiger partial charge in [0.25, 0.3) is 0 Å². The van der Waals surface area contributed by atoms with Crippen LogP contribution in [0, 0.1) is 0 Å². The molecule has 0 fully saturated rings. The van der Waals surface area contributed by atoms with E-state index in [0.29, 0.717) is 37.7 Å². The molecule has 0 aliphatic rings. The van der Waals surface area contributed by atoms with Gasteiger partial charge in [-0.1, -0.05) is 23.2 Å². The Bertz CT molecular complexity index is 1100. The van der Waals surface area contributed by atoms with E-state index in [1.807, 2.05) is 11.4 Å². The summed E-state index contributed by atoms with van der Waals surface area (Å²) in [5.41, 5.74) is 2.26. The van der Waals surface area contributed by atoms with Crippen molar-refractivity contribution in [3.63, 3.8) is 0 Å². The van der Waals surface area contributed by atoms with E-state index in [2.05, 4.69) is 10.1 Å². The number of ether oxygens (including phenoxy) is 3. The Labute approximate surface area is 182 Å². The predicted octanol–water partition coefficient (Wildman–Crippen LogP) is 4.96. The van der Waals surface area contributed by atoms with Gasteiger partial charge in [0.05, 0.1) is 43.8 Å². The first-order valence-electron chi connectivity index (χ1n) is 8.45. The molecule has 3 rings (SSSR count). The molecule has 9 heteroatoms. The lowest BCUT2D eigenvalue weighted by molar-refractivity contribution is 0.374. The van der Waals surface area contributed by atoms with Crippen molar-refractivity contribution >= 4 is 40.8 Å². The van der Waals surface area contributed by atoms with E-state index in [9.17, 15) is 0 Å². The number of hydrogen-bond acceptors (Lipinski definition) is 6. The Morgan fingerprint density at radius 3 is 2.24 bits per heavy atom. The van der Waals surface area contributed by atoms with Gasteiger partial charge in [0.2, 0.25) is 4.80 Å². The van der Waals surface area contributed by atoms with Crippen LogP contribution in [0.15, 0.2) is 45.8 Å². The van der Waals surface area contributed by atoms with Gasteiger partial charge in [0.1, 0.15) is 17.2 Å². The molecule has 0 unspecified atom stereocenters. The third-order valence-corrected chi connectivity index (χ3v) is 5.59. The largest absolute Gasteiger partial charge is 0.496 e. The van der Waals surface area contributed by atoms with Crippen LogP contribution < -0.4 is 19.0 Å². The second-order valence-corrected chi connectivity index (χ2v) is 7.43. The third kappa shape index (κ3) is 4.42.